The van der Waals surface area contributed by atoms with Crippen molar-refractivity contribution in [3.63, 3.8) is 0 Å². The summed E-state index contributed by atoms with van der Waals surface area (Å²) in [5.41, 5.74) is 0.772. The van der Waals surface area contributed by atoms with E-state index in [0.29, 0.717) is 6.04 Å². The topological polar surface area (TPSA) is 15.3 Å². The Morgan fingerprint density at radius 2 is 1.90 bits per heavy atom. The molecule has 1 saturated carbocycles. The number of hydrogen-bond acceptors (Lipinski definition) is 2. The number of rotatable bonds is 6. The van der Waals surface area contributed by atoms with Crippen molar-refractivity contribution in [2.75, 3.05) is 20.6 Å². The third kappa shape index (κ3) is 4.27. The second-order valence-electron chi connectivity index (χ2n) is 6.39. The summed E-state index contributed by atoms with van der Waals surface area (Å²) < 4.78 is 14.0. The molecule has 21 heavy (non-hydrogen) atoms. The van der Waals surface area contributed by atoms with Crippen LogP contribution in [0.1, 0.15) is 50.6 Å². The molecule has 2 rings (SSSR count). The fourth-order valence-corrected chi connectivity index (χ4v) is 3.53. The van der Waals surface area contributed by atoms with Crippen molar-refractivity contribution in [2.24, 2.45) is 5.92 Å². The average Bonchev–Trinajstić information content (AvgIpc) is 2.53. The molecule has 1 N–H and O–H groups in total. The van der Waals surface area contributed by atoms with Crippen LogP contribution in [0, 0.1) is 11.7 Å². The Kier molecular flexibility index (Phi) is 6.19. The summed E-state index contributed by atoms with van der Waals surface area (Å²) in [7, 11) is 4.10. The van der Waals surface area contributed by atoms with Gasteiger partial charge in [0.1, 0.15) is 5.82 Å². The second-order valence-corrected chi connectivity index (χ2v) is 6.39. The first kappa shape index (κ1) is 16.4. The van der Waals surface area contributed by atoms with E-state index < -0.39 is 0 Å². The van der Waals surface area contributed by atoms with E-state index in [2.05, 4.69) is 24.2 Å². The van der Waals surface area contributed by atoms with Gasteiger partial charge in [-0.15, -0.1) is 0 Å². The van der Waals surface area contributed by atoms with Gasteiger partial charge in [0.05, 0.1) is 0 Å². The molecule has 1 fully saturated rings. The van der Waals surface area contributed by atoms with E-state index in [-0.39, 0.29) is 11.9 Å². The largest absolute Gasteiger partial charge is 0.312 e. The van der Waals surface area contributed by atoms with Gasteiger partial charge in [-0.2, -0.15) is 0 Å². The van der Waals surface area contributed by atoms with E-state index in [9.17, 15) is 4.39 Å². The van der Waals surface area contributed by atoms with Crippen molar-refractivity contribution < 1.29 is 4.39 Å². The number of benzene rings is 1. The van der Waals surface area contributed by atoms with E-state index in [1.807, 2.05) is 19.2 Å². The van der Waals surface area contributed by atoms with Gasteiger partial charge in [0.2, 0.25) is 0 Å². The molecular formula is C18H29FN2. The van der Waals surface area contributed by atoms with Crippen molar-refractivity contribution >= 4 is 0 Å². The Morgan fingerprint density at radius 3 is 2.48 bits per heavy atom. The van der Waals surface area contributed by atoms with Gasteiger partial charge in [-0.25, -0.2) is 4.39 Å². The summed E-state index contributed by atoms with van der Waals surface area (Å²) in [6, 6.07) is 7.80. The maximum absolute atomic E-state index is 14.0. The number of likely N-dealkylation sites (N-methyl/N-ethyl adjacent to an activating group) is 2. The minimum absolute atomic E-state index is 0.0556. The average molecular weight is 292 g/mol. The quantitative estimate of drug-likeness (QED) is 0.853. The summed E-state index contributed by atoms with van der Waals surface area (Å²) in [6.07, 6.45) is 6.56. The molecule has 1 atom stereocenters. The molecule has 0 bridgehead atoms. The van der Waals surface area contributed by atoms with Gasteiger partial charge in [-0.05, 0) is 51.8 Å². The van der Waals surface area contributed by atoms with Crippen molar-refractivity contribution in [1.82, 2.24) is 10.2 Å². The summed E-state index contributed by atoms with van der Waals surface area (Å²) >= 11 is 0. The first-order chi connectivity index (χ1) is 10.2. The molecule has 0 amide bonds. The van der Waals surface area contributed by atoms with Crippen LogP contribution in [-0.4, -0.2) is 31.6 Å². The molecular weight excluding hydrogens is 263 g/mol. The SMILES string of the molecule is CCC1CCC(N(C)CC(NC)c2ccccc2F)CC1. The molecule has 3 heteroatoms. The number of halogens is 1. The maximum Gasteiger partial charge on any atom is 0.128 e. The molecule has 118 valence electrons. The van der Waals surface area contributed by atoms with Crippen LogP contribution in [0.4, 0.5) is 4.39 Å². The Bertz CT molecular complexity index is 427. The first-order valence-electron chi connectivity index (χ1n) is 8.27. The number of nitrogens with one attached hydrogen (secondary N) is 1. The zero-order valence-electron chi connectivity index (χ0n) is 13.6. The highest BCUT2D eigenvalue weighted by Crippen LogP contribution is 2.30. The van der Waals surface area contributed by atoms with Crippen LogP contribution < -0.4 is 5.32 Å². The summed E-state index contributed by atoms with van der Waals surface area (Å²) in [5.74, 6) is 0.807. The zero-order chi connectivity index (χ0) is 15.2. The predicted molar refractivity (Wildman–Crippen MR) is 86.9 cm³/mol. The normalized spacial score (nSPS) is 24.2. The molecule has 1 aromatic carbocycles. The lowest BCUT2D eigenvalue weighted by Crippen LogP contribution is -2.40. The lowest BCUT2D eigenvalue weighted by molar-refractivity contribution is 0.151. The maximum atomic E-state index is 14.0. The second kappa shape index (κ2) is 7.90. The molecule has 0 heterocycles. The molecule has 1 aliphatic rings. The summed E-state index contributed by atoms with van der Waals surface area (Å²) in [4.78, 5) is 2.42. The third-order valence-electron chi connectivity index (χ3n) is 5.12. The van der Waals surface area contributed by atoms with Crippen LogP contribution >= 0.6 is 0 Å². The Labute approximate surface area is 128 Å². The van der Waals surface area contributed by atoms with Crippen molar-refractivity contribution in [2.45, 2.75) is 51.1 Å². The van der Waals surface area contributed by atoms with Gasteiger partial charge in [-0.1, -0.05) is 31.5 Å². The highest BCUT2D eigenvalue weighted by molar-refractivity contribution is 5.21. The molecule has 0 saturated heterocycles. The van der Waals surface area contributed by atoms with Gasteiger partial charge in [0, 0.05) is 24.2 Å². The van der Waals surface area contributed by atoms with Crippen LogP contribution in [0.15, 0.2) is 24.3 Å². The van der Waals surface area contributed by atoms with E-state index in [1.165, 1.54) is 32.1 Å². The van der Waals surface area contributed by atoms with Crippen LogP contribution in [0.5, 0.6) is 0 Å². The van der Waals surface area contributed by atoms with E-state index in [1.54, 1.807) is 12.1 Å². The zero-order valence-corrected chi connectivity index (χ0v) is 13.6. The molecule has 0 aliphatic heterocycles. The highest BCUT2D eigenvalue weighted by Gasteiger charge is 2.25. The van der Waals surface area contributed by atoms with Crippen LogP contribution in [0.3, 0.4) is 0 Å². The standard InChI is InChI=1S/C18H29FN2/c1-4-14-9-11-15(12-10-14)21(3)13-18(20-2)16-7-5-6-8-17(16)19/h5-8,14-15,18,20H,4,9-13H2,1-3H3. The van der Waals surface area contributed by atoms with Crippen molar-refractivity contribution in [3.05, 3.63) is 35.6 Å². The fourth-order valence-electron chi connectivity index (χ4n) is 3.53. The Balaban J connectivity index is 1.94. The molecule has 2 nitrogen and oxygen atoms in total. The Hall–Kier alpha value is -0.930. The molecule has 1 aromatic rings. The van der Waals surface area contributed by atoms with Crippen molar-refractivity contribution in [3.8, 4) is 0 Å². The van der Waals surface area contributed by atoms with Crippen molar-refractivity contribution in [1.29, 1.82) is 0 Å². The van der Waals surface area contributed by atoms with Gasteiger partial charge in [0.15, 0.2) is 0 Å². The van der Waals surface area contributed by atoms with Gasteiger partial charge in [0.25, 0.3) is 0 Å². The van der Waals surface area contributed by atoms with Crippen LogP contribution in [0.2, 0.25) is 0 Å². The van der Waals surface area contributed by atoms with Gasteiger partial charge in [-0.3, -0.25) is 0 Å². The molecule has 0 spiro atoms. The van der Waals surface area contributed by atoms with Gasteiger partial charge < -0.3 is 10.2 Å². The lowest BCUT2D eigenvalue weighted by atomic mass is 9.84. The molecule has 0 radical (unpaired) electrons. The fraction of sp³-hybridized carbons (Fsp3) is 0.667. The number of hydrogen-bond donors (Lipinski definition) is 1. The molecule has 1 aliphatic carbocycles. The highest BCUT2D eigenvalue weighted by atomic mass is 19.1. The van der Waals surface area contributed by atoms with Crippen LogP contribution in [-0.2, 0) is 0 Å². The van der Waals surface area contributed by atoms with Crippen LogP contribution in [0.25, 0.3) is 0 Å². The predicted octanol–water partition coefficient (Wildman–Crippen LogP) is 3.99. The minimum Gasteiger partial charge on any atom is -0.312 e. The van der Waals surface area contributed by atoms with E-state index >= 15 is 0 Å². The molecule has 1 unspecified atom stereocenters. The smallest absolute Gasteiger partial charge is 0.128 e. The summed E-state index contributed by atoms with van der Waals surface area (Å²) in [5, 5.41) is 3.27. The lowest BCUT2D eigenvalue weighted by Gasteiger charge is -2.36. The first-order valence-corrected chi connectivity index (χ1v) is 8.27. The minimum atomic E-state index is -0.111. The van der Waals surface area contributed by atoms with E-state index in [4.69, 9.17) is 0 Å². The third-order valence-corrected chi connectivity index (χ3v) is 5.12. The molecule has 0 aromatic heterocycles. The monoisotopic (exact) mass is 292 g/mol. The number of nitrogens with zero attached hydrogens (tertiary/aromatic N) is 1. The van der Waals surface area contributed by atoms with Gasteiger partial charge >= 0.3 is 0 Å². The van der Waals surface area contributed by atoms with E-state index in [0.717, 1.165) is 18.0 Å². The Morgan fingerprint density at radius 1 is 1.24 bits per heavy atom. The summed E-state index contributed by atoms with van der Waals surface area (Å²) in [6.45, 7) is 3.16.